The van der Waals surface area contributed by atoms with Crippen molar-refractivity contribution in [3.05, 3.63) is 23.0 Å². The van der Waals surface area contributed by atoms with Crippen LogP contribution < -0.4 is 5.32 Å². The molecule has 2 heterocycles. The first-order valence-electron chi connectivity index (χ1n) is 4.30. The maximum atomic E-state index is 4.14. The van der Waals surface area contributed by atoms with Crippen LogP contribution in [-0.4, -0.2) is 11.8 Å². The van der Waals surface area contributed by atoms with Crippen LogP contribution in [0.25, 0.3) is 0 Å². The molecular formula is C10H14N2. The van der Waals surface area contributed by atoms with Gasteiger partial charge in [-0.05, 0) is 27.2 Å². The summed E-state index contributed by atoms with van der Waals surface area (Å²) in [5.74, 6) is 0. The van der Waals surface area contributed by atoms with Crippen LogP contribution in [0, 0.1) is 0 Å². The molecule has 0 saturated heterocycles. The molecule has 0 aromatic carbocycles. The Hall–Kier alpha value is -1.05. The van der Waals surface area contributed by atoms with E-state index in [9.17, 15) is 0 Å². The average Bonchev–Trinajstić information content (AvgIpc) is 2.31. The van der Waals surface area contributed by atoms with Crippen molar-refractivity contribution < 1.29 is 0 Å². The number of hydrogen-bond donors (Lipinski definition) is 1. The Balaban J connectivity index is 2.42. The van der Waals surface area contributed by atoms with E-state index in [2.05, 4.69) is 31.1 Å². The molecule has 0 bridgehead atoms. The molecule has 2 aliphatic rings. The number of hydrogen-bond acceptors (Lipinski definition) is 2. The zero-order chi connectivity index (χ0) is 8.77. The van der Waals surface area contributed by atoms with Gasteiger partial charge in [0, 0.05) is 17.3 Å². The van der Waals surface area contributed by atoms with Crippen LogP contribution in [0.15, 0.2) is 28.0 Å². The molecule has 2 aliphatic heterocycles. The standard InChI is InChI=1S/C10H14N2/c1-7-4-10(2,3)12-9-6-11-5-8(7)9/h5-6,12H,4H2,1-3H3. The van der Waals surface area contributed by atoms with Crippen molar-refractivity contribution in [2.75, 3.05) is 0 Å². The van der Waals surface area contributed by atoms with Crippen LogP contribution in [0.5, 0.6) is 0 Å². The first kappa shape index (κ1) is 7.59. The van der Waals surface area contributed by atoms with E-state index in [-0.39, 0.29) is 5.54 Å². The van der Waals surface area contributed by atoms with E-state index in [1.165, 1.54) is 16.8 Å². The van der Waals surface area contributed by atoms with Crippen molar-refractivity contribution in [1.29, 1.82) is 0 Å². The second-order valence-corrected chi connectivity index (χ2v) is 4.20. The van der Waals surface area contributed by atoms with E-state index in [1.807, 2.05) is 12.4 Å². The number of allylic oxidation sites excluding steroid dienone is 1. The van der Waals surface area contributed by atoms with Crippen LogP contribution in [0.3, 0.4) is 0 Å². The highest BCUT2D eigenvalue weighted by molar-refractivity contribution is 5.89. The van der Waals surface area contributed by atoms with Crippen LogP contribution >= 0.6 is 0 Å². The van der Waals surface area contributed by atoms with Gasteiger partial charge in [0.25, 0.3) is 0 Å². The maximum absolute atomic E-state index is 4.14. The van der Waals surface area contributed by atoms with Crippen molar-refractivity contribution in [3.63, 3.8) is 0 Å². The minimum Gasteiger partial charge on any atom is -0.378 e. The van der Waals surface area contributed by atoms with E-state index in [0.717, 1.165) is 6.42 Å². The fourth-order valence-corrected chi connectivity index (χ4v) is 1.93. The summed E-state index contributed by atoms with van der Waals surface area (Å²) in [6.45, 7) is 6.61. The fourth-order valence-electron chi connectivity index (χ4n) is 1.93. The number of aliphatic imine (C=N–C) groups is 1. The van der Waals surface area contributed by atoms with Gasteiger partial charge in [-0.2, -0.15) is 0 Å². The molecule has 0 saturated carbocycles. The molecule has 2 heteroatoms. The molecule has 2 rings (SSSR count). The van der Waals surface area contributed by atoms with Crippen LogP contribution in [0.1, 0.15) is 27.2 Å². The molecular weight excluding hydrogens is 148 g/mol. The number of nitrogens with one attached hydrogen (secondary N) is 1. The van der Waals surface area contributed by atoms with Crippen LogP contribution in [0.4, 0.5) is 0 Å². The van der Waals surface area contributed by atoms with Gasteiger partial charge in [0.15, 0.2) is 0 Å². The Kier molecular flexibility index (Phi) is 1.40. The number of fused-ring (bicyclic) bond motifs is 1. The lowest BCUT2D eigenvalue weighted by Gasteiger charge is -2.34. The van der Waals surface area contributed by atoms with Crippen molar-refractivity contribution in [1.82, 2.24) is 5.32 Å². The third-order valence-electron chi connectivity index (χ3n) is 2.34. The van der Waals surface area contributed by atoms with Gasteiger partial charge in [-0.25, -0.2) is 0 Å². The molecule has 0 spiro atoms. The van der Waals surface area contributed by atoms with Gasteiger partial charge in [-0.3, -0.25) is 4.99 Å². The van der Waals surface area contributed by atoms with E-state index < -0.39 is 0 Å². The maximum Gasteiger partial charge on any atom is 0.0618 e. The molecule has 12 heavy (non-hydrogen) atoms. The van der Waals surface area contributed by atoms with Crippen molar-refractivity contribution >= 4 is 6.21 Å². The monoisotopic (exact) mass is 162 g/mol. The molecule has 0 aromatic rings. The number of nitrogens with zero attached hydrogens (tertiary/aromatic N) is 1. The molecule has 2 nitrogen and oxygen atoms in total. The summed E-state index contributed by atoms with van der Waals surface area (Å²) in [7, 11) is 0. The van der Waals surface area contributed by atoms with E-state index in [0.29, 0.717) is 0 Å². The minimum atomic E-state index is 0.188. The van der Waals surface area contributed by atoms with Gasteiger partial charge in [0.2, 0.25) is 0 Å². The first-order chi connectivity index (χ1) is 5.58. The Morgan fingerprint density at radius 1 is 1.50 bits per heavy atom. The van der Waals surface area contributed by atoms with E-state index >= 15 is 0 Å². The van der Waals surface area contributed by atoms with Gasteiger partial charge < -0.3 is 5.32 Å². The third-order valence-corrected chi connectivity index (χ3v) is 2.34. The quantitative estimate of drug-likeness (QED) is 0.579. The Morgan fingerprint density at radius 3 is 3.00 bits per heavy atom. The normalized spacial score (nSPS) is 25.1. The zero-order valence-electron chi connectivity index (χ0n) is 7.81. The smallest absolute Gasteiger partial charge is 0.0618 e. The Labute approximate surface area is 73.1 Å². The number of rotatable bonds is 0. The van der Waals surface area contributed by atoms with Crippen LogP contribution in [0.2, 0.25) is 0 Å². The second kappa shape index (κ2) is 2.22. The summed E-state index contributed by atoms with van der Waals surface area (Å²) in [5, 5.41) is 3.46. The van der Waals surface area contributed by atoms with Crippen molar-refractivity contribution in [3.8, 4) is 0 Å². The summed E-state index contributed by atoms with van der Waals surface area (Å²) < 4.78 is 0. The molecule has 0 fully saturated rings. The molecule has 0 amide bonds. The molecule has 0 radical (unpaired) electrons. The van der Waals surface area contributed by atoms with Gasteiger partial charge in [0.05, 0.1) is 11.9 Å². The fraction of sp³-hybridized carbons (Fsp3) is 0.500. The van der Waals surface area contributed by atoms with Crippen LogP contribution in [-0.2, 0) is 0 Å². The molecule has 0 aliphatic carbocycles. The summed E-state index contributed by atoms with van der Waals surface area (Å²) in [6, 6.07) is 0. The molecule has 0 unspecified atom stereocenters. The first-order valence-corrected chi connectivity index (χ1v) is 4.30. The van der Waals surface area contributed by atoms with E-state index in [4.69, 9.17) is 0 Å². The highest BCUT2D eigenvalue weighted by Crippen LogP contribution is 2.30. The highest BCUT2D eigenvalue weighted by Gasteiger charge is 2.27. The summed E-state index contributed by atoms with van der Waals surface area (Å²) >= 11 is 0. The van der Waals surface area contributed by atoms with Gasteiger partial charge in [0.1, 0.15) is 0 Å². The molecule has 0 aromatic heterocycles. The van der Waals surface area contributed by atoms with Crippen molar-refractivity contribution in [2.45, 2.75) is 32.7 Å². The van der Waals surface area contributed by atoms with Gasteiger partial charge in [-0.15, -0.1) is 0 Å². The second-order valence-electron chi connectivity index (χ2n) is 4.20. The predicted octanol–water partition coefficient (Wildman–Crippen LogP) is 2.00. The highest BCUT2D eigenvalue weighted by atomic mass is 15.0. The lowest BCUT2D eigenvalue weighted by Crippen LogP contribution is -2.42. The zero-order valence-corrected chi connectivity index (χ0v) is 7.81. The summed E-state index contributed by atoms with van der Waals surface area (Å²) in [6.07, 6.45) is 4.94. The molecule has 1 N–H and O–H groups in total. The summed E-state index contributed by atoms with van der Waals surface area (Å²) in [4.78, 5) is 4.14. The lowest BCUT2D eigenvalue weighted by atomic mass is 9.88. The largest absolute Gasteiger partial charge is 0.378 e. The van der Waals surface area contributed by atoms with Crippen molar-refractivity contribution in [2.24, 2.45) is 4.99 Å². The Bertz CT molecular complexity index is 306. The SMILES string of the molecule is CC1=C2C=NC=C2NC(C)(C)C1. The predicted molar refractivity (Wildman–Crippen MR) is 51.1 cm³/mol. The topological polar surface area (TPSA) is 24.4 Å². The molecule has 0 atom stereocenters. The molecule has 64 valence electrons. The minimum absolute atomic E-state index is 0.188. The third kappa shape index (κ3) is 1.07. The van der Waals surface area contributed by atoms with E-state index in [1.54, 1.807) is 0 Å². The summed E-state index contributed by atoms with van der Waals surface area (Å²) in [5.41, 5.74) is 4.09. The Morgan fingerprint density at radius 2 is 2.25 bits per heavy atom. The average molecular weight is 162 g/mol. The van der Waals surface area contributed by atoms with Gasteiger partial charge >= 0.3 is 0 Å². The lowest BCUT2D eigenvalue weighted by molar-refractivity contribution is 0.414. The van der Waals surface area contributed by atoms with Gasteiger partial charge in [-0.1, -0.05) is 5.57 Å².